The van der Waals surface area contributed by atoms with Gasteiger partial charge in [-0.3, -0.25) is 0 Å². The summed E-state index contributed by atoms with van der Waals surface area (Å²) in [6.45, 7) is 14.0. The molecule has 1 unspecified atom stereocenters. The van der Waals surface area contributed by atoms with Crippen molar-refractivity contribution in [3.63, 3.8) is 0 Å². The number of rotatable bonds is 65. The monoisotopic (exact) mass is 1050 g/mol. The van der Waals surface area contributed by atoms with E-state index >= 15 is 0 Å². The van der Waals surface area contributed by atoms with Gasteiger partial charge >= 0.3 is 8.80 Å². The highest BCUT2D eigenvalue weighted by molar-refractivity contribution is 6.60. The van der Waals surface area contributed by atoms with E-state index in [0.29, 0.717) is 0 Å². The van der Waals surface area contributed by atoms with Crippen LogP contribution in [0.4, 0.5) is 0 Å². The van der Waals surface area contributed by atoms with Crippen molar-refractivity contribution in [2.45, 2.75) is 438 Å². The molecule has 73 heavy (non-hydrogen) atoms. The molecule has 0 aliphatic heterocycles. The fourth-order valence-electron chi connectivity index (χ4n) is 12.0. The lowest BCUT2D eigenvalue weighted by molar-refractivity contribution is -0.0600. The highest BCUT2D eigenvalue weighted by Gasteiger charge is 2.48. The molecule has 0 aromatic heterocycles. The third kappa shape index (κ3) is 50.1. The summed E-state index contributed by atoms with van der Waals surface area (Å²) < 4.78 is 23.0. The Morgan fingerprint density at radius 2 is 0.466 bits per heavy atom. The van der Waals surface area contributed by atoms with Gasteiger partial charge in [0, 0.05) is 19.3 Å². The van der Waals surface area contributed by atoms with Crippen molar-refractivity contribution in [1.82, 2.24) is 0 Å². The van der Waals surface area contributed by atoms with Gasteiger partial charge in [0.15, 0.2) is 0 Å². The first-order valence-electron chi connectivity index (χ1n) is 34.9. The first-order chi connectivity index (χ1) is 36.0. The normalized spacial score (nSPS) is 13.0. The fourth-order valence-corrected chi connectivity index (χ4v) is 15.0. The van der Waals surface area contributed by atoms with Crippen molar-refractivity contribution in [1.29, 1.82) is 0 Å². The molecule has 0 radical (unpaired) electrons. The van der Waals surface area contributed by atoms with Gasteiger partial charge in [-0.05, 0) is 38.5 Å². The lowest BCUT2D eigenvalue weighted by atomic mass is 9.85. The number of hydrogen-bond donors (Lipinski definition) is 0. The van der Waals surface area contributed by atoms with Gasteiger partial charge in [0.05, 0.1) is 5.60 Å². The molecule has 3 nitrogen and oxygen atoms in total. The Labute approximate surface area is 465 Å². The second-order valence-electron chi connectivity index (χ2n) is 24.5. The summed E-state index contributed by atoms with van der Waals surface area (Å²) >= 11 is 0. The lowest BCUT2D eigenvalue weighted by Crippen LogP contribution is -2.54. The second-order valence-corrected chi connectivity index (χ2v) is 27.2. The largest absolute Gasteiger partial charge is 0.501 e. The minimum absolute atomic E-state index is 0.120. The van der Waals surface area contributed by atoms with E-state index in [1.807, 2.05) is 7.11 Å². The Bertz CT molecular complexity index is 927. The van der Waals surface area contributed by atoms with Crippen LogP contribution in [0.5, 0.6) is 0 Å². The van der Waals surface area contributed by atoms with E-state index in [1.165, 1.54) is 379 Å². The smallest absolute Gasteiger partial charge is 0.377 e. The van der Waals surface area contributed by atoms with Crippen LogP contribution in [0.15, 0.2) is 0 Å². The highest BCUT2D eigenvalue weighted by Crippen LogP contribution is 2.39. The zero-order valence-electron chi connectivity index (χ0n) is 52.2. The first-order valence-corrected chi connectivity index (χ1v) is 36.9. The lowest BCUT2D eigenvalue weighted by Gasteiger charge is -2.43. The van der Waals surface area contributed by atoms with Gasteiger partial charge in [-0.25, -0.2) is 0 Å². The van der Waals surface area contributed by atoms with E-state index in [4.69, 9.17) is 13.3 Å². The quantitative estimate of drug-likeness (QED) is 0.0449. The van der Waals surface area contributed by atoms with E-state index in [0.717, 1.165) is 6.04 Å². The maximum atomic E-state index is 8.17. The van der Waals surface area contributed by atoms with Crippen LogP contribution in [0.25, 0.3) is 0 Å². The Hall–Kier alpha value is 0.0969. The van der Waals surface area contributed by atoms with Gasteiger partial charge in [0.25, 0.3) is 0 Å². The van der Waals surface area contributed by atoms with E-state index in [2.05, 4.69) is 41.5 Å². The van der Waals surface area contributed by atoms with Crippen LogP contribution >= 0.6 is 0 Å². The molecule has 0 aliphatic carbocycles. The molecule has 0 fully saturated rings. The minimum atomic E-state index is -3.02. The third-order valence-electron chi connectivity index (χ3n) is 17.1. The van der Waals surface area contributed by atoms with Crippen LogP contribution in [-0.2, 0) is 13.3 Å². The summed E-state index contributed by atoms with van der Waals surface area (Å²) in [6.07, 6.45) is 80.8. The predicted molar refractivity (Wildman–Crippen MR) is 333 cm³/mol. The summed E-state index contributed by atoms with van der Waals surface area (Å²) in [5, 5.41) is 0. The van der Waals surface area contributed by atoms with Crippen LogP contribution in [0, 0.1) is 0 Å². The number of hydrogen-bond acceptors (Lipinski definition) is 3. The molecular weight excluding hydrogens is 905 g/mol. The summed E-state index contributed by atoms with van der Waals surface area (Å²) in [5.41, 5.74) is -0.120. The van der Waals surface area contributed by atoms with Crippen molar-refractivity contribution in [2.24, 2.45) is 0 Å². The summed E-state index contributed by atoms with van der Waals surface area (Å²) in [4.78, 5) is 0. The van der Waals surface area contributed by atoms with Crippen LogP contribution < -0.4 is 0 Å². The zero-order chi connectivity index (χ0) is 53.1. The van der Waals surface area contributed by atoms with Gasteiger partial charge in [-0.1, -0.05) is 382 Å². The molecule has 0 aromatic rings. The highest BCUT2D eigenvalue weighted by atomic mass is 28.4. The van der Waals surface area contributed by atoms with Gasteiger partial charge in [-0.2, -0.15) is 0 Å². The molecule has 1 atom stereocenters. The molecule has 0 aliphatic rings. The van der Waals surface area contributed by atoms with Crippen molar-refractivity contribution in [3.05, 3.63) is 0 Å². The maximum Gasteiger partial charge on any atom is 0.501 e. The zero-order valence-corrected chi connectivity index (χ0v) is 53.2. The van der Waals surface area contributed by atoms with Crippen LogP contribution in [-0.4, -0.2) is 27.6 Å². The van der Waals surface area contributed by atoms with Crippen LogP contribution in [0.1, 0.15) is 420 Å². The number of unbranched alkanes of at least 4 members (excludes halogenated alkanes) is 48. The minimum Gasteiger partial charge on any atom is -0.377 e. The third-order valence-corrected chi connectivity index (χ3v) is 20.1. The molecule has 440 valence electrons. The van der Waals surface area contributed by atoms with Crippen molar-refractivity contribution in [2.75, 3.05) is 7.11 Å². The molecule has 0 spiro atoms. The van der Waals surface area contributed by atoms with Crippen molar-refractivity contribution >= 4 is 8.80 Å². The average molecular weight is 1050 g/mol. The molecule has 0 aromatic carbocycles. The van der Waals surface area contributed by atoms with Gasteiger partial charge in [0.2, 0.25) is 0 Å². The molecular formula is C69H142O3Si. The van der Waals surface area contributed by atoms with Gasteiger partial charge < -0.3 is 13.3 Å². The van der Waals surface area contributed by atoms with Crippen LogP contribution in [0.2, 0.25) is 6.04 Å². The Morgan fingerprint density at radius 1 is 0.260 bits per heavy atom. The summed E-state index contributed by atoms with van der Waals surface area (Å²) in [6, 6.07) is 1.01. The molecule has 0 amide bonds. The van der Waals surface area contributed by atoms with Crippen molar-refractivity contribution in [3.8, 4) is 0 Å². The molecule has 0 heterocycles. The molecule has 0 bridgehead atoms. The molecule has 0 saturated carbocycles. The Morgan fingerprint density at radius 3 is 0.699 bits per heavy atom. The molecule has 0 N–H and O–H groups in total. The van der Waals surface area contributed by atoms with E-state index < -0.39 is 8.80 Å². The standard InChI is InChI=1S/C69H142O3Si/c1-8-14-20-26-32-38-44-50-56-62-68(63-57-51-45-39-33-27-21-15-9-2)71-73(70-7,67-61-55-49-43-37-31-25-19-13-6)72-69(64-58-52-46-40-34-28-22-16-10-3,65-59-53-47-41-35-29-23-17-11-4)66-60-54-48-42-36-30-24-18-12-5/h68H,8-67H2,1-7H3. The van der Waals surface area contributed by atoms with E-state index in [1.54, 1.807) is 0 Å². The summed E-state index contributed by atoms with van der Waals surface area (Å²) in [5.74, 6) is 0. The first kappa shape index (κ1) is 73.1. The average Bonchev–Trinajstić information content (AvgIpc) is 3.40. The van der Waals surface area contributed by atoms with Crippen molar-refractivity contribution < 1.29 is 13.3 Å². The Kier molecular flexibility index (Phi) is 59.8. The van der Waals surface area contributed by atoms with E-state index in [-0.39, 0.29) is 11.7 Å². The molecule has 0 saturated heterocycles. The SMILES string of the molecule is CCCCCCCCCCCC(CCCCCCCCCCC)O[Si](CCCCCCCCCCC)(OC)OC(CCCCCCCCCCC)(CCCCCCCCCCC)CCCCCCCCCCC. The van der Waals surface area contributed by atoms with Crippen LogP contribution in [0.3, 0.4) is 0 Å². The molecule has 4 heteroatoms. The Balaban J connectivity index is 6.69. The molecule has 0 rings (SSSR count). The topological polar surface area (TPSA) is 27.7 Å². The predicted octanol–water partition coefficient (Wildman–Crippen LogP) is 25.8. The van der Waals surface area contributed by atoms with E-state index in [9.17, 15) is 0 Å². The van der Waals surface area contributed by atoms with Gasteiger partial charge in [0.1, 0.15) is 0 Å². The van der Waals surface area contributed by atoms with Gasteiger partial charge in [-0.15, -0.1) is 0 Å². The summed E-state index contributed by atoms with van der Waals surface area (Å²) in [7, 11) is -0.988. The second kappa shape index (κ2) is 59.8. The maximum absolute atomic E-state index is 8.17. The fraction of sp³-hybridized carbons (Fsp3) is 1.00.